The molecule has 0 N–H and O–H groups in total. The summed E-state index contributed by atoms with van der Waals surface area (Å²) in [5.74, 6) is 3.46. The molecule has 3 aliphatic rings. The molecular formula is C19H21N. The second kappa shape index (κ2) is 3.58. The highest BCUT2D eigenvalue weighted by atomic mass is 15.0. The van der Waals surface area contributed by atoms with Gasteiger partial charge in [0.2, 0.25) is 0 Å². The standard InChI is InChI=1S/C19H21N/c1-11-3-6-16-15(7-11)18-13-4-5-14(9-13)19(18)17-8-12(2)10-20(16)17/h3,6-8,10,13-14,18-19H,4-5,9H2,1-2H3. The zero-order valence-corrected chi connectivity index (χ0v) is 12.3. The van der Waals surface area contributed by atoms with Crippen LogP contribution in [0.2, 0.25) is 0 Å². The molecule has 1 nitrogen and oxygen atoms in total. The fourth-order valence-corrected chi connectivity index (χ4v) is 5.41. The van der Waals surface area contributed by atoms with Gasteiger partial charge < -0.3 is 4.57 Å². The van der Waals surface area contributed by atoms with Gasteiger partial charge in [-0.25, -0.2) is 0 Å². The van der Waals surface area contributed by atoms with E-state index in [0.717, 1.165) is 23.7 Å². The summed E-state index contributed by atoms with van der Waals surface area (Å²) < 4.78 is 2.49. The molecule has 2 heterocycles. The molecule has 0 amide bonds. The second-order valence-corrected chi connectivity index (χ2v) is 7.26. The van der Waals surface area contributed by atoms with Crippen molar-refractivity contribution in [2.75, 3.05) is 0 Å². The van der Waals surface area contributed by atoms with Crippen LogP contribution in [0.15, 0.2) is 30.5 Å². The van der Waals surface area contributed by atoms with Crippen molar-refractivity contribution in [2.24, 2.45) is 11.8 Å². The van der Waals surface area contributed by atoms with Crippen LogP contribution in [-0.2, 0) is 0 Å². The molecule has 2 bridgehead atoms. The van der Waals surface area contributed by atoms with Gasteiger partial charge in [0.15, 0.2) is 0 Å². The predicted octanol–water partition coefficient (Wildman–Crippen LogP) is 4.70. The Hall–Kier alpha value is -1.50. The minimum Gasteiger partial charge on any atom is -0.320 e. The third-order valence-electron chi connectivity index (χ3n) is 6.05. The quantitative estimate of drug-likeness (QED) is 0.649. The minimum absolute atomic E-state index is 0.789. The summed E-state index contributed by atoms with van der Waals surface area (Å²) in [5, 5.41) is 0. The van der Waals surface area contributed by atoms with Crippen molar-refractivity contribution in [1.82, 2.24) is 4.57 Å². The van der Waals surface area contributed by atoms with Crippen molar-refractivity contribution in [3.63, 3.8) is 0 Å². The number of nitrogens with zero attached hydrogens (tertiary/aromatic N) is 1. The molecule has 1 aromatic heterocycles. The Morgan fingerprint density at radius 1 is 0.950 bits per heavy atom. The summed E-state index contributed by atoms with van der Waals surface area (Å²) in [6.07, 6.45) is 6.72. The Labute approximate surface area is 120 Å². The summed E-state index contributed by atoms with van der Waals surface area (Å²) in [5.41, 5.74) is 7.50. The maximum Gasteiger partial charge on any atom is 0.0487 e. The third kappa shape index (κ3) is 1.24. The molecule has 2 fully saturated rings. The molecular weight excluding hydrogens is 242 g/mol. The molecule has 5 rings (SSSR count). The molecule has 0 saturated heterocycles. The smallest absolute Gasteiger partial charge is 0.0487 e. The van der Waals surface area contributed by atoms with Crippen LogP contribution in [0.4, 0.5) is 0 Å². The fourth-order valence-electron chi connectivity index (χ4n) is 5.41. The van der Waals surface area contributed by atoms with E-state index in [4.69, 9.17) is 0 Å². The van der Waals surface area contributed by atoms with Crippen molar-refractivity contribution in [3.05, 3.63) is 52.8 Å². The van der Waals surface area contributed by atoms with Gasteiger partial charge in [0, 0.05) is 23.5 Å². The normalized spacial score (nSPS) is 32.9. The lowest BCUT2D eigenvalue weighted by molar-refractivity contribution is 0.348. The monoisotopic (exact) mass is 263 g/mol. The van der Waals surface area contributed by atoms with Gasteiger partial charge in [0.25, 0.3) is 0 Å². The van der Waals surface area contributed by atoms with E-state index in [1.165, 1.54) is 36.1 Å². The predicted molar refractivity (Wildman–Crippen MR) is 81.6 cm³/mol. The molecule has 4 atom stereocenters. The van der Waals surface area contributed by atoms with Crippen LogP contribution >= 0.6 is 0 Å². The van der Waals surface area contributed by atoms with E-state index in [-0.39, 0.29) is 0 Å². The molecule has 2 saturated carbocycles. The van der Waals surface area contributed by atoms with Crippen LogP contribution in [0, 0.1) is 25.7 Å². The van der Waals surface area contributed by atoms with Gasteiger partial charge in [0.1, 0.15) is 0 Å². The van der Waals surface area contributed by atoms with E-state index >= 15 is 0 Å². The van der Waals surface area contributed by atoms with Gasteiger partial charge in [-0.05, 0) is 74.1 Å². The molecule has 1 aromatic carbocycles. The van der Waals surface area contributed by atoms with Crippen LogP contribution < -0.4 is 0 Å². The number of aromatic nitrogens is 1. The first-order chi connectivity index (χ1) is 9.72. The average Bonchev–Trinajstić information content (AvgIpc) is 3.11. The van der Waals surface area contributed by atoms with Crippen LogP contribution in [-0.4, -0.2) is 4.57 Å². The lowest BCUT2D eigenvalue weighted by Gasteiger charge is -2.38. The number of hydrogen-bond donors (Lipinski definition) is 0. The average molecular weight is 263 g/mol. The van der Waals surface area contributed by atoms with Crippen molar-refractivity contribution in [3.8, 4) is 5.69 Å². The van der Waals surface area contributed by atoms with E-state index in [2.05, 4.69) is 48.9 Å². The van der Waals surface area contributed by atoms with Gasteiger partial charge in [-0.15, -0.1) is 0 Å². The maximum atomic E-state index is 2.49. The first-order valence-corrected chi connectivity index (χ1v) is 8.02. The summed E-state index contributed by atoms with van der Waals surface area (Å²) in [7, 11) is 0. The first kappa shape index (κ1) is 11.2. The summed E-state index contributed by atoms with van der Waals surface area (Å²) in [4.78, 5) is 0. The number of aryl methyl sites for hydroxylation is 2. The number of benzene rings is 1. The van der Waals surface area contributed by atoms with E-state index in [0.29, 0.717) is 0 Å². The van der Waals surface area contributed by atoms with Crippen molar-refractivity contribution >= 4 is 0 Å². The topological polar surface area (TPSA) is 4.93 Å². The van der Waals surface area contributed by atoms with Gasteiger partial charge >= 0.3 is 0 Å². The highest BCUT2D eigenvalue weighted by Crippen LogP contribution is 2.63. The number of fused-ring (bicyclic) bond motifs is 10. The molecule has 0 radical (unpaired) electrons. The molecule has 0 spiro atoms. The number of hydrogen-bond acceptors (Lipinski definition) is 0. The van der Waals surface area contributed by atoms with E-state index in [9.17, 15) is 0 Å². The SMILES string of the molecule is Cc1ccc2c(c1)C1C3CCC(C3)C1c1cc(C)cn1-2. The molecule has 4 unspecified atom stereocenters. The summed E-state index contributed by atoms with van der Waals surface area (Å²) in [6.45, 7) is 4.47. The lowest BCUT2D eigenvalue weighted by Crippen LogP contribution is -2.26. The highest BCUT2D eigenvalue weighted by molar-refractivity contribution is 5.54. The van der Waals surface area contributed by atoms with Gasteiger partial charge in [-0.1, -0.05) is 17.7 Å². The third-order valence-corrected chi connectivity index (χ3v) is 6.05. The lowest BCUT2D eigenvalue weighted by atomic mass is 9.71. The van der Waals surface area contributed by atoms with Crippen molar-refractivity contribution in [1.29, 1.82) is 0 Å². The molecule has 20 heavy (non-hydrogen) atoms. The van der Waals surface area contributed by atoms with Crippen molar-refractivity contribution in [2.45, 2.75) is 44.9 Å². The molecule has 2 aromatic rings. The van der Waals surface area contributed by atoms with Crippen LogP contribution in [0.5, 0.6) is 0 Å². The Kier molecular flexibility index (Phi) is 2.00. The maximum absolute atomic E-state index is 2.49. The molecule has 1 heteroatoms. The summed E-state index contributed by atoms with van der Waals surface area (Å²) in [6, 6.07) is 9.52. The highest BCUT2D eigenvalue weighted by Gasteiger charge is 2.52. The van der Waals surface area contributed by atoms with Gasteiger partial charge in [0.05, 0.1) is 0 Å². The Balaban J connectivity index is 1.82. The Morgan fingerprint density at radius 2 is 1.75 bits per heavy atom. The summed E-state index contributed by atoms with van der Waals surface area (Å²) >= 11 is 0. The minimum atomic E-state index is 0.789. The van der Waals surface area contributed by atoms with Crippen LogP contribution in [0.3, 0.4) is 0 Å². The van der Waals surface area contributed by atoms with Crippen molar-refractivity contribution < 1.29 is 0 Å². The van der Waals surface area contributed by atoms with Crippen LogP contribution in [0.25, 0.3) is 5.69 Å². The fraction of sp³-hybridized carbons (Fsp3) is 0.474. The molecule has 1 aliphatic heterocycles. The van der Waals surface area contributed by atoms with Crippen LogP contribution in [0.1, 0.15) is 53.5 Å². The molecule has 2 aliphatic carbocycles. The largest absolute Gasteiger partial charge is 0.320 e. The van der Waals surface area contributed by atoms with E-state index in [1.807, 2.05) is 0 Å². The zero-order chi connectivity index (χ0) is 13.4. The Bertz CT molecular complexity index is 709. The first-order valence-electron chi connectivity index (χ1n) is 8.02. The van der Waals surface area contributed by atoms with Gasteiger partial charge in [-0.2, -0.15) is 0 Å². The van der Waals surface area contributed by atoms with E-state index in [1.54, 1.807) is 11.3 Å². The number of rotatable bonds is 0. The second-order valence-electron chi connectivity index (χ2n) is 7.26. The van der Waals surface area contributed by atoms with E-state index < -0.39 is 0 Å². The molecule has 102 valence electrons. The Morgan fingerprint density at radius 3 is 2.60 bits per heavy atom. The zero-order valence-electron chi connectivity index (χ0n) is 12.3. The van der Waals surface area contributed by atoms with Gasteiger partial charge in [-0.3, -0.25) is 0 Å².